The van der Waals surface area contributed by atoms with Crippen LogP contribution >= 0.6 is 0 Å². The highest BCUT2D eigenvalue weighted by Crippen LogP contribution is 2.29. The normalized spacial score (nSPS) is 16.0. The Morgan fingerprint density at radius 3 is 1.05 bits per heavy atom. The number of carbonyl (C=O) groups excluding carboxylic acids is 4. The lowest BCUT2D eigenvalue weighted by Gasteiger charge is -2.34. The molecule has 22 heavy (non-hydrogen) atoms. The van der Waals surface area contributed by atoms with E-state index >= 15 is 0 Å². The summed E-state index contributed by atoms with van der Waals surface area (Å²) in [5.74, 6) is -10.7. The quantitative estimate of drug-likeness (QED) is 0.337. The number of Topliss-reactive ketones (excluding diaryl/α,β-unsaturated/α-hetero) is 4. The van der Waals surface area contributed by atoms with E-state index < -0.39 is 59.1 Å². The third kappa shape index (κ3) is 3.23. The van der Waals surface area contributed by atoms with Crippen LogP contribution in [-0.2, 0) is 28.8 Å². The van der Waals surface area contributed by atoms with Crippen molar-refractivity contribution >= 4 is 35.1 Å². The Labute approximate surface area is 123 Å². The summed E-state index contributed by atoms with van der Waals surface area (Å²) < 4.78 is 0. The number of aliphatic hydroxyl groups is 2. The van der Waals surface area contributed by atoms with E-state index in [1.54, 1.807) is 0 Å². The largest absolute Gasteiger partial charge is 0.479 e. The van der Waals surface area contributed by atoms with Crippen LogP contribution in [0, 0.1) is 0 Å². The van der Waals surface area contributed by atoms with Gasteiger partial charge in [-0.2, -0.15) is 0 Å². The molecule has 0 bridgehead atoms. The molecule has 0 saturated heterocycles. The number of carboxylic acid groups (broad SMARTS) is 2. The zero-order chi connectivity index (χ0) is 17.9. The fraction of sp³-hybridized carbons (Fsp3) is 0.500. The fourth-order valence-electron chi connectivity index (χ4n) is 1.66. The van der Waals surface area contributed by atoms with Gasteiger partial charge >= 0.3 is 11.9 Å². The minimum absolute atomic E-state index is 0.845. The Bertz CT molecular complexity index is 512. The highest BCUT2D eigenvalue weighted by Gasteiger charge is 2.69. The van der Waals surface area contributed by atoms with Gasteiger partial charge in [-0.1, -0.05) is 0 Å². The van der Waals surface area contributed by atoms with Crippen molar-refractivity contribution in [3.63, 3.8) is 0 Å². The molecule has 2 unspecified atom stereocenters. The van der Waals surface area contributed by atoms with Gasteiger partial charge in [0, 0.05) is 0 Å². The lowest BCUT2D eigenvalue weighted by molar-refractivity contribution is -0.207. The fourth-order valence-corrected chi connectivity index (χ4v) is 1.66. The topological polar surface area (TPSA) is 183 Å². The minimum atomic E-state index is -4.11. The molecule has 2 atom stereocenters. The van der Waals surface area contributed by atoms with Crippen molar-refractivity contribution < 1.29 is 49.2 Å². The molecule has 0 aromatic heterocycles. The summed E-state index contributed by atoms with van der Waals surface area (Å²) >= 11 is 0. The molecule has 0 aliphatic heterocycles. The monoisotopic (exact) mass is 318 g/mol. The first-order valence-electron chi connectivity index (χ1n) is 5.78. The van der Waals surface area contributed by atoms with Gasteiger partial charge in [-0.25, -0.2) is 9.59 Å². The van der Waals surface area contributed by atoms with E-state index in [0.717, 1.165) is 13.8 Å². The molecule has 0 aromatic rings. The maximum Gasteiger partial charge on any atom is 0.347 e. The van der Waals surface area contributed by atoms with Crippen LogP contribution in [-0.4, -0.2) is 66.7 Å². The zero-order valence-electron chi connectivity index (χ0n) is 11.7. The predicted molar refractivity (Wildman–Crippen MR) is 65.8 cm³/mol. The van der Waals surface area contributed by atoms with Gasteiger partial charge in [-0.3, -0.25) is 19.2 Å². The molecule has 0 rings (SSSR count). The summed E-state index contributed by atoms with van der Waals surface area (Å²) in [7, 11) is 0. The minimum Gasteiger partial charge on any atom is -0.479 e. The molecule has 0 aliphatic carbocycles. The summed E-state index contributed by atoms with van der Waals surface area (Å²) in [6.45, 7) is 1.69. The highest BCUT2D eigenvalue weighted by molar-refractivity contribution is 6.25. The molecule has 4 N–H and O–H groups in total. The molecule has 0 saturated carbocycles. The van der Waals surface area contributed by atoms with Crippen molar-refractivity contribution in [1.82, 2.24) is 0 Å². The van der Waals surface area contributed by atoms with Crippen molar-refractivity contribution in [2.24, 2.45) is 0 Å². The van der Waals surface area contributed by atoms with Crippen molar-refractivity contribution in [2.75, 3.05) is 0 Å². The lowest BCUT2D eigenvalue weighted by Crippen LogP contribution is -2.71. The summed E-state index contributed by atoms with van der Waals surface area (Å²) in [4.78, 5) is 67.5. The molecular weight excluding hydrogens is 304 g/mol. The van der Waals surface area contributed by atoms with Crippen LogP contribution in [0.4, 0.5) is 0 Å². The predicted octanol–water partition coefficient (Wildman–Crippen LogP) is -2.29. The first-order chi connectivity index (χ1) is 9.81. The van der Waals surface area contributed by atoms with Crippen molar-refractivity contribution in [3.8, 4) is 0 Å². The smallest absolute Gasteiger partial charge is 0.347 e. The van der Waals surface area contributed by atoms with Crippen molar-refractivity contribution in [3.05, 3.63) is 0 Å². The second kappa shape index (κ2) is 6.54. The number of carbonyl (C=O) groups is 6. The average Bonchev–Trinajstić information content (AvgIpc) is 2.33. The van der Waals surface area contributed by atoms with Crippen LogP contribution in [0.2, 0.25) is 0 Å². The third-order valence-electron chi connectivity index (χ3n) is 2.77. The molecule has 10 nitrogen and oxygen atoms in total. The second-order valence-electron chi connectivity index (χ2n) is 4.64. The van der Waals surface area contributed by atoms with Gasteiger partial charge in [-0.05, 0) is 13.8 Å². The number of hydrogen-bond donors (Lipinski definition) is 4. The zero-order valence-corrected chi connectivity index (χ0v) is 11.7. The van der Waals surface area contributed by atoms with Crippen LogP contribution in [0.25, 0.3) is 0 Å². The number of ketones is 4. The van der Waals surface area contributed by atoms with Crippen molar-refractivity contribution in [2.45, 2.75) is 37.9 Å². The number of hydrogen-bond acceptors (Lipinski definition) is 8. The number of aliphatic carboxylic acids is 2. The maximum atomic E-state index is 11.7. The summed E-state index contributed by atoms with van der Waals surface area (Å²) in [5, 5.41) is 37.7. The molecule has 0 spiro atoms. The molecule has 0 aromatic carbocycles. The van der Waals surface area contributed by atoms with Gasteiger partial charge in [0.1, 0.15) is 11.6 Å². The Morgan fingerprint density at radius 2 is 0.909 bits per heavy atom. The third-order valence-corrected chi connectivity index (χ3v) is 2.77. The molecule has 0 heterocycles. The highest BCUT2D eigenvalue weighted by atomic mass is 16.5. The van der Waals surface area contributed by atoms with Crippen LogP contribution in [0.3, 0.4) is 0 Å². The summed E-state index contributed by atoms with van der Waals surface area (Å²) in [5.41, 5.74) is -8.23. The molecule has 0 aliphatic rings. The van der Waals surface area contributed by atoms with Gasteiger partial charge in [0.15, 0.2) is 11.6 Å². The molecule has 0 fully saturated rings. The molecule has 10 heteroatoms. The Hall–Kier alpha value is -2.46. The van der Waals surface area contributed by atoms with E-state index in [2.05, 4.69) is 0 Å². The van der Waals surface area contributed by atoms with Gasteiger partial charge < -0.3 is 20.4 Å². The van der Waals surface area contributed by atoms with Crippen LogP contribution in [0.15, 0.2) is 0 Å². The summed E-state index contributed by atoms with van der Waals surface area (Å²) in [6, 6.07) is 0. The molecular formula is C12H14O10. The van der Waals surface area contributed by atoms with E-state index in [4.69, 9.17) is 10.2 Å². The summed E-state index contributed by atoms with van der Waals surface area (Å²) in [6.07, 6.45) is -2.46. The van der Waals surface area contributed by atoms with Crippen LogP contribution in [0.5, 0.6) is 0 Å². The Kier molecular flexibility index (Phi) is 5.81. The standard InChI is InChI=1S/C12H14O10/c1-5(13)3-7(15)11(21,9(17)18)12(22,10(19)20)8(16)4-6(2)14/h21-22H,3-4H2,1-2H3,(H,17,18)(H,19,20). The first kappa shape index (κ1) is 19.5. The van der Waals surface area contributed by atoms with Crippen LogP contribution < -0.4 is 0 Å². The van der Waals surface area contributed by atoms with E-state index in [1.165, 1.54) is 0 Å². The van der Waals surface area contributed by atoms with E-state index in [1.807, 2.05) is 0 Å². The van der Waals surface area contributed by atoms with E-state index in [9.17, 15) is 39.0 Å². The number of carboxylic acids is 2. The molecule has 0 amide bonds. The maximum absolute atomic E-state index is 11.7. The van der Waals surface area contributed by atoms with E-state index in [0.29, 0.717) is 0 Å². The number of rotatable bonds is 9. The van der Waals surface area contributed by atoms with E-state index in [-0.39, 0.29) is 0 Å². The SMILES string of the molecule is CC(=O)CC(=O)C(O)(C(=O)O)C(O)(C(=O)O)C(=O)CC(C)=O. The lowest BCUT2D eigenvalue weighted by atomic mass is 9.74. The second-order valence-corrected chi connectivity index (χ2v) is 4.64. The molecule has 0 radical (unpaired) electrons. The van der Waals surface area contributed by atoms with Gasteiger partial charge in [-0.15, -0.1) is 0 Å². The average molecular weight is 318 g/mol. The first-order valence-corrected chi connectivity index (χ1v) is 5.78. The van der Waals surface area contributed by atoms with Gasteiger partial charge in [0.2, 0.25) is 0 Å². The van der Waals surface area contributed by atoms with Crippen LogP contribution in [0.1, 0.15) is 26.7 Å². The van der Waals surface area contributed by atoms with Crippen molar-refractivity contribution in [1.29, 1.82) is 0 Å². The Morgan fingerprint density at radius 1 is 0.682 bits per heavy atom. The van der Waals surface area contributed by atoms with Gasteiger partial charge in [0.25, 0.3) is 11.2 Å². The van der Waals surface area contributed by atoms with Gasteiger partial charge in [0.05, 0.1) is 12.8 Å². The molecule has 122 valence electrons. The Balaban J connectivity index is 6.25.